The normalized spacial score (nSPS) is 11.8. The first-order valence-electron chi connectivity index (χ1n) is 4.11. The van der Waals surface area contributed by atoms with Crippen molar-refractivity contribution in [1.82, 2.24) is 4.90 Å². The number of rotatable bonds is 2. The first kappa shape index (κ1) is 11.9. The average molecular weight is 185 g/mol. The van der Waals surface area contributed by atoms with Crippen LogP contribution in [0, 0.1) is 0 Å². The molecule has 0 aromatic carbocycles. The molecule has 0 saturated heterocycles. The Balaban J connectivity index is 4.83. The maximum atomic E-state index is 12.6. The van der Waals surface area contributed by atoms with Crippen molar-refractivity contribution in [3.63, 3.8) is 0 Å². The highest BCUT2D eigenvalue weighted by Crippen LogP contribution is 2.16. The van der Waals surface area contributed by atoms with Gasteiger partial charge in [-0.1, -0.05) is 12.7 Å². The summed E-state index contributed by atoms with van der Waals surface area (Å²) < 4.78 is 12.6. The fourth-order valence-electron chi connectivity index (χ4n) is 0.876. The van der Waals surface area contributed by atoms with Gasteiger partial charge in [0, 0.05) is 11.7 Å². The Bertz CT molecular complexity index is 238. The molecule has 0 bridgehead atoms. The van der Waals surface area contributed by atoms with Gasteiger partial charge in [0.15, 0.2) is 5.83 Å². The van der Waals surface area contributed by atoms with Crippen LogP contribution in [-0.2, 0) is 4.79 Å². The van der Waals surface area contributed by atoms with Crippen LogP contribution in [0.25, 0.3) is 0 Å². The Morgan fingerprint density at radius 2 is 1.92 bits per heavy atom. The van der Waals surface area contributed by atoms with Gasteiger partial charge in [-0.3, -0.25) is 4.79 Å². The van der Waals surface area contributed by atoms with Gasteiger partial charge in [0.1, 0.15) is 0 Å². The van der Waals surface area contributed by atoms with Crippen molar-refractivity contribution < 1.29 is 9.18 Å². The zero-order valence-electron chi connectivity index (χ0n) is 8.60. The van der Waals surface area contributed by atoms with Crippen LogP contribution in [0.3, 0.4) is 0 Å². The Morgan fingerprint density at radius 1 is 1.46 bits per heavy atom. The number of carbonyl (C=O) groups is 1. The first-order chi connectivity index (χ1) is 5.80. The molecule has 0 N–H and O–H groups in total. The lowest BCUT2D eigenvalue weighted by atomic mass is 10.1. The minimum absolute atomic E-state index is 0.432. The molecule has 0 saturated carbocycles. The maximum Gasteiger partial charge on any atom is 0.286 e. The van der Waals surface area contributed by atoms with Crippen LogP contribution >= 0.6 is 0 Å². The van der Waals surface area contributed by atoms with Crippen LogP contribution in [-0.4, -0.2) is 16.3 Å². The fourth-order valence-corrected chi connectivity index (χ4v) is 0.876. The summed E-state index contributed by atoms with van der Waals surface area (Å²) in [5.41, 5.74) is -0.432. The summed E-state index contributed by atoms with van der Waals surface area (Å²) >= 11 is 0. The minimum atomic E-state index is -0.937. The largest absolute Gasteiger partial charge is 0.308 e. The third-order valence-corrected chi connectivity index (χ3v) is 1.47. The van der Waals surface area contributed by atoms with Crippen LogP contribution in [0.1, 0.15) is 27.7 Å². The van der Waals surface area contributed by atoms with Gasteiger partial charge in [0.2, 0.25) is 0 Å². The van der Waals surface area contributed by atoms with Gasteiger partial charge in [-0.05, 0) is 27.7 Å². The van der Waals surface area contributed by atoms with E-state index in [4.69, 9.17) is 0 Å². The highest BCUT2D eigenvalue weighted by molar-refractivity contribution is 5.91. The summed E-state index contributed by atoms with van der Waals surface area (Å²) in [5.74, 6) is -1.63. The van der Waals surface area contributed by atoms with Crippen molar-refractivity contribution >= 4 is 5.91 Å². The molecule has 0 rings (SSSR count). The molecule has 3 heteroatoms. The number of allylic oxidation sites excluding steroid dienone is 1. The summed E-state index contributed by atoms with van der Waals surface area (Å²) in [6.07, 6.45) is 3.24. The highest BCUT2D eigenvalue weighted by atomic mass is 19.1. The number of hydrogen-bond donors (Lipinski definition) is 0. The van der Waals surface area contributed by atoms with E-state index in [2.05, 4.69) is 6.58 Å². The molecule has 0 spiro atoms. The molecule has 0 fully saturated rings. The maximum absolute atomic E-state index is 12.6. The number of hydrogen-bond acceptors (Lipinski definition) is 1. The first-order valence-corrected chi connectivity index (χ1v) is 4.11. The molecular weight excluding hydrogens is 169 g/mol. The van der Waals surface area contributed by atoms with Gasteiger partial charge >= 0.3 is 0 Å². The van der Waals surface area contributed by atoms with Crippen LogP contribution in [0.15, 0.2) is 24.7 Å². The molecule has 0 unspecified atom stereocenters. The molecule has 0 heterocycles. The SMILES string of the molecule is C=C(F)C(=O)N(/C=C/C)C(C)(C)C. The fraction of sp³-hybridized carbons (Fsp3) is 0.500. The second-order valence-electron chi connectivity index (χ2n) is 3.73. The van der Waals surface area contributed by atoms with E-state index in [0.717, 1.165) is 0 Å². The zero-order chi connectivity index (χ0) is 10.6. The van der Waals surface area contributed by atoms with E-state index < -0.39 is 17.3 Å². The molecule has 2 nitrogen and oxygen atoms in total. The lowest BCUT2D eigenvalue weighted by Gasteiger charge is -2.32. The Hall–Kier alpha value is -1.12. The molecule has 74 valence electrons. The van der Waals surface area contributed by atoms with Crippen LogP contribution in [0.4, 0.5) is 4.39 Å². The Morgan fingerprint density at radius 3 is 2.15 bits per heavy atom. The third-order valence-electron chi connectivity index (χ3n) is 1.47. The van der Waals surface area contributed by atoms with Crippen molar-refractivity contribution in [1.29, 1.82) is 0 Å². The molecule has 13 heavy (non-hydrogen) atoms. The zero-order valence-corrected chi connectivity index (χ0v) is 8.60. The quantitative estimate of drug-likeness (QED) is 0.605. The molecule has 0 aliphatic carbocycles. The number of nitrogens with zero attached hydrogens (tertiary/aromatic N) is 1. The molecule has 0 radical (unpaired) electrons. The predicted molar refractivity (Wildman–Crippen MR) is 51.7 cm³/mol. The molecule has 1 amide bonds. The molecule has 0 aromatic rings. The molecule has 0 aromatic heterocycles. The van der Waals surface area contributed by atoms with Gasteiger partial charge < -0.3 is 4.90 Å². The van der Waals surface area contributed by atoms with Crippen molar-refractivity contribution in [3.8, 4) is 0 Å². The third kappa shape index (κ3) is 3.40. The van der Waals surface area contributed by atoms with E-state index in [9.17, 15) is 9.18 Å². The van der Waals surface area contributed by atoms with E-state index in [1.54, 1.807) is 19.2 Å². The van der Waals surface area contributed by atoms with Gasteiger partial charge in [-0.15, -0.1) is 0 Å². The van der Waals surface area contributed by atoms with Crippen molar-refractivity contribution in [2.24, 2.45) is 0 Å². The minimum Gasteiger partial charge on any atom is -0.308 e. The van der Waals surface area contributed by atoms with Crippen molar-refractivity contribution in [2.45, 2.75) is 33.2 Å². The summed E-state index contributed by atoms with van der Waals surface area (Å²) in [5, 5.41) is 0. The van der Waals surface area contributed by atoms with Gasteiger partial charge in [0.05, 0.1) is 0 Å². The number of halogens is 1. The van der Waals surface area contributed by atoms with E-state index in [1.165, 1.54) is 4.90 Å². The monoisotopic (exact) mass is 185 g/mol. The predicted octanol–water partition coefficient (Wildman–Crippen LogP) is 2.63. The van der Waals surface area contributed by atoms with Crippen molar-refractivity contribution in [3.05, 3.63) is 24.7 Å². The van der Waals surface area contributed by atoms with Crippen LogP contribution < -0.4 is 0 Å². The average Bonchev–Trinajstić information content (AvgIpc) is 1.96. The molecular formula is C10H16FNO. The lowest BCUT2D eigenvalue weighted by molar-refractivity contribution is -0.129. The molecule has 0 atom stereocenters. The summed E-state index contributed by atoms with van der Waals surface area (Å²) in [6, 6.07) is 0. The Labute approximate surface area is 78.7 Å². The van der Waals surface area contributed by atoms with Crippen molar-refractivity contribution in [2.75, 3.05) is 0 Å². The summed E-state index contributed by atoms with van der Waals surface area (Å²) in [6.45, 7) is 10.2. The second-order valence-corrected chi connectivity index (χ2v) is 3.73. The van der Waals surface area contributed by atoms with E-state index in [-0.39, 0.29) is 0 Å². The van der Waals surface area contributed by atoms with E-state index in [1.807, 2.05) is 20.8 Å². The topological polar surface area (TPSA) is 20.3 Å². The number of carbonyl (C=O) groups excluding carboxylic acids is 1. The smallest absolute Gasteiger partial charge is 0.286 e. The van der Waals surface area contributed by atoms with Crippen LogP contribution in [0.5, 0.6) is 0 Å². The number of amides is 1. The Kier molecular flexibility index (Phi) is 3.85. The highest BCUT2D eigenvalue weighted by Gasteiger charge is 2.25. The van der Waals surface area contributed by atoms with Gasteiger partial charge in [-0.25, -0.2) is 4.39 Å². The van der Waals surface area contributed by atoms with E-state index in [0.29, 0.717) is 0 Å². The summed E-state index contributed by atoms with van der Waals surface area (Å²) in [4.78, 5) is 12.6. The molecule has 0 aliphatic heterocycles. The van der Waals surface area contributed by atoms with Gasteiger partial charge in [-0.2, -0.15) is 0 Å². The van der Waals surface area contributed by atoms with E-state index >= 15 is 0 Å². The summed E-state index contributed by atoms with van der Waals surface area (Å²) in [7, 11) is 0. The molecule has 0 aliphatic rings. The standard InChI is InChI=1S/C10H16FNO/c1-6-7-12(10(3,4)5)9(13)8(2)11/h6-7H,2H2,1,3-5H3/b7-6+. The van der Waals surface area contributed by atoms with Crippen LogP contribution in [0.2, 0.25) is 0 Å². The lowest BCUT2D eigenvalue weighted by Crippen LogP contribution is -2.41. The second kappa shape index (κ2) is 4.21. The van der Waals surface area contributed by atoms with Gasteiger partial charge in [0.25, 0.3) is 5.91 Å².